The maximum atomic E-state index is 14.6. The number of H-pyrrole nitrogens is 1. The molecule has 130 valence electrons. The first-order valence-corrected chi connectivity index (χ1v) is 8.41. The van der Waals surface area contributed by atoms with Gasteiger partial charge in [0.05, 0.1) is 23.8 Å². The van der Waals surface area contributed by atoms with E-state index >= 15 is 0 Å². The van der Waals surface area contributed by atoms with Crippen LogP contribution in [0.1, 0.15) is 0 Å². The lowest BCUT2D eigenvalue weighted by Gasteiger charge is -2.34. The molecule has 6 heteroatoms. The van der Waals surface area contributed by atoms with Crippen LogP contribution in [-0.4, -0.2) is 55.2 Å². The molecule has 0 aliphatic carbocycles. The SMILES string of the molecule is COc1ccc(-c2nc3cc(N4CCN(C)CC4)c(F)cc3[nH]2)cc1. The summed E-state index contributed by atoms with van der Waals surface area (Å²) in [6.45, 7) is 3.54. The van der Waals surface area contributed by atoms with E-state index in [0.29, 0.717) is 11.2 Å². The number of likely N-dealkylation sites (N-methyl/N-ethyl adjacent to an activating group) is 1. The molecule has 0 radical (unpaired) electrons. The van der Waals surface area contributed by atoms with Crippen molar-refractivity contribution in [2.75, 3.05) is 45.2 Å². The Kier molecular flexibility index (Phi) is 4.05. The summed E-state index contributed by atoms with van der Waals surface area (Å²) in [5.74, 6) is 1.32. The number of ether oxygens (including phenoxy) is 1. The molecule has 1 saturated heterocycles. The Morgan fingerprint density at radius 3 is 2.48 bits per heavy atom. The van der Waals surface area contributed by atoms with Crippen molar-refractivity contribution < 1.29 is 9.13 Å². The fourth-order valence-electron chi connectivity index (χ4n) is 3.19. The monoisotopic (exact) mass is 340 g/mol. The number of benzene rings is 2. The van der Waals surface area contributed by atoms with Gasteiger partial charge in [-0.05, 0) is 37.4 Å². The molecular formula is C19H21FN4O. The highest BCUT2D eigenvalue weighted by Crippen LogP contribution is 2.28. The van der Waals surface area contributed by atoms with Crippen LogP contribution in [0.25, 0.3) is 22.4 Å². The zero-order valence-electron chi connectivity index (χ0n) is 14.4. The fraction of sp³-hybridized carbons (Fsp3) is 0.316. The fourth-order valence-corrected chi connectivity index (χ4v) is 3.19. The molecule has 0 spiro atoms. The first-order chi connectivity index (χ1) is 12.1. The van der Waals surface area contributed by atoms with E-state index in [1.165, 1.54) is 0 Å². The van der Waals surface area contributed by atoms with E-state index in [1.54, 1.807) is 13.2 Å². The molecule has 5 nitrogen and oxygen atoms in total. The number of anilines is 1. The number of methoxy groups -OCH3 is 1. The van der Waals surface area contributed by atoms with Crippen LogP contribution in [0.4, 0.5) is 10.1 Å². The number of hydrogen-bond acceptors (Lipinski definition) is 4. The molecule has 4 rings (SSSR count). The molecule has 0 amide bonds. The Bertz CT molecular complexity index is 882. The van der Waals surface area contributed by atoms with Crippen molar-refractivity contribution in [1.29, 1.82) is 0 Å². The van der Waals surface area contributed by atoms with E-state index in [4.69, 9.17) is 4.74 Å². The van der Waals surface area contributed by atoms with E-state index in [9.17, 15) is 4.39 Å². The summed E-state index contributed by atoms with van der Waals surface area (Å²) in [5, 5.41) is 0. The molecule has 25 heavy (non-hydrogen) atoms. The van der Waals surface area contributed by atoms with Crippen LogP contribution in [-0.2, 0) is 0 Å². The second-order valence-corrected chi connectivity index (χ2v) is 6.43. The molecule has 0 bridgehead atoms. The molecule has 0 saturated carbocycles. The lowest BCUT2D eigenvalue weighted by molar-refractivity contribution is 0.312. The van der Waals surface area contributed by atoms with Gasteiger partial charge >= 0.3 is 0 Å². The number of nitrogens with zero attached hydrogens (tertiary/aromatic N) is 3. The highest BCUT2D eigenvalue weighted by molar-refractivity contribution is 5.83. The molecule has 3 aromatic rings. The van der Waals surface area contributed by atoms with Gasteiger partial charge in [-0.3, -0.25) is 0 Å². The van der Waals surface area contributed by atoms with Gasteiger partial charge in [-0.15, -0.1) is 0 Å². The van der Waals surface area contributed by atoms with Gasteiger partial charge in [0.25, 0.3) is 0 Å². The van der Waals surface area contributed by atoms with Gasteiger partial charge in [-0.1, -0.05) is 0 Å². The van der Waals surface area contributed by atoms with Crippen LogP contribution in [0.2, 0.25) is 0 Å². The van der Waals surface area contributed by atoms with E-state index in [1.807, 2.05) is 30.3 Å². The van der Waals surface area contributed by atoms with Crippen molar-refractivity contribution in [3.05, 3.63) is 42.2 Å². The maximum Gasteiger partial charge on any atom is 0.148 e. The minimum absolute atomic E-state index is 0.206. The number of rotatable bonds is 3. The summed E-state index contributed by atoms with van der Waals surface area (Å²) < 4.78 is 19.8. The largest absolute Gasteiger partial charge is 0.497 e. The quantitative estimate of drug-likeness (QED) is 0.796. The molecule has 0 unspecified atom stereocenters. The van der Waals surface area contributed by atoms with E-state index < -0.39 is 0 Å². The number of aromatic amines is 1. The summed E-state index contributed by atoms with van der Waals surface area (Å²) in [7, 11) is 3.73. The number of aromatic nitrogens is 2. The molecule has 1 N–H and O–H groups in total. The third kappa shape index (κ3) is 3.05. The summed E-state index contributed by atoms with van der Waals surface area (Å²) >= 11 is 0. The molecule has 1 aromatic heterocycles. The van der Waals surface area contributed by atoms with Crippen LogP contribution in [0.3, 0.4) is 0 Å². The van der Waals surface area contributed by atoms with Gasteiger partial charge in [-0.25, -0.2) is 9.37 Å². The zero-order valence-corrected chi connectivity index (χ0v) is 14.4. The van der Waals surface area contributed by atoms with Crippen molar-refractivity contribution in [2.45, 2.75) is 0 Å². The number of hydrogen-bond donors (Lipinski definition) is 1. The summed E-state index contributed by atoms with van der Waals surface area (Å²) in [6, 6.07) is 11.0. The number of nitrogens with one attached hydrogen (secondary N) is 1. The van der Waals surface area contributed by atoms with E-state index in [2.05, 4.69) is 26.8 Å². The Morgan fingerprint density at radius 1 is 1.08 bits per heavy atom. The zero-order chi connectivity index (χ0) is 17.4. The van der Waals surface area contributed by atoms with Crippen LogP contribution >= 0.6 is 0 Å². The second kappa shape index (κ2) is 6.37. The molecule has 0 atom stereocenters. The molecule has 2 aromatic carbocycles. The first-order valence-electron chi connectivity index (χ1n) is 8.41. The topological polar surface area (TPSA) is 44.4 Å². The number of halogens is 1. The third-order valence-corrected chi connectivity index (χ3v) is 4.76. The summed E-state index contributed by atoms with van der Waals surface area (Å²) in [4.78, 5) is 12.2. The average Bonchev–Trinajstić information content (AvgIpc) is 3.04. The predicted molar refractivity (Wildman–Crippen MR) is 97.7 cm³/mol. The van der Waals surface area contributed by atoms with Crippen molar-refractivity contribution in [3.63, 3.8) is 0 Å². The van der Waals surface area contributed by atoms with E-state index in [0.717, 1.165) is 48.8 Å². The van der Waals surface area contributed by atoms with Crippen molar-refractivity contribution in [2.24, 2.45) is 0 Å². The highest BCUT2D eigenvalue weighted by atomic mass is 19.1. The Morgan fingerprint density at radius 2 is 1.80 bits per heavy atom. The highest BCUT2D eigenvalue weighted by Gasteiger charge is 2.19. The maximum absolute atomic E-state index is 14.6. The number of piperazine rings is 1. The van der Waals surface area contributed by atoms with Gasteiger partial charge in [0.15, 0.2) is 0 Å². The third-order valence-electron chi connectivity index (χ3n) is 4.76. The minimum Gasteiger partial charge on any atom is -0.497 e. The van der Waals surface area contributed by atoms with Gasteiger partial charge < -0.3 is 19.5 Å². The van der Waals surface area contributed by atoms with Gasteiger partial charge in [-0.2, -0.15) is 0 Å². The second-order valence-electron chi connectivity index (χ2n) is 6.43. The Hall–Kier alpha value is -2.60. The lowest BCUT2D eigenvalue weighted by atomic mass is 10.2. The Balaban J connectivity index is 1.68. The van der Waals surface area contributed by atoms with Crippen molar-refractivity contribution in [3.8, 4) is 17.1 Å². The summed E-state index contributed by atoms with van der Waals surface area (Å²) in [6.07, 6.45) is 0. The molecule has 1 aliphatic heterocycles. The van der Waals surface area contributed by atoms with Crippen LogP contribution < -0.4 is 9.64 Å². The smallest absolute Gasteiger partial charge is 0.148 e. The predicted octanol–water partition coefficient (Wildman–Crippen LogP) is 3.13. The Labute approximate surface area is 146 Å². The van der Waals surface area contributed by atoms with Crippen LogP contribution in [0, 0.1) is 5.82 Å². The lowest BCUT2D eigenvalue weighted by Crippen LogP contribution is -2.44. The molecular weight excluding hydrogens is 319 g/mol. The van der Waals surface area contributed by atoms with Gasteiger partial charge in [0, 0.05) is 37.8 Å². The average molecular weight is 340 g/mol. The summed E-state index contributed by atoms with van der Waals surface area (Å²) in [5.41, 5.74) is 3.06. The van der Waals surface area contributed by atoms with Gasteiger partial charge in [0.2, 0.25) is 0 Å². The van der Waals surface area contributed by atoms with E-state index in [-0.39, 0.29) is 5.82 Å². The number of fused-ring (bicyclic) bond motifs is 1. The van der Waals surface area contributed by atoms with Gasteiger partial charge in [0.1, 0.15) is 17.4 Å². The minimum atomic E-state index is -0.206. The van der Waals surface area contributed by atoms with Crippen LogP contribution in [0.5, 0.6) is 5.75 Å². The molecule has 2 heterocycles. The first kappa shape index (κ1) is 15.9. The number of imidazole rings is 1. The van der Waals surface area contributed by atoms with Crippen molar-refractivity contribution >= 4 is 16.7 Å². The normalized spacial score (nSPS) is 15.7. The van der Waals surface area contributed by atoms with Crippen LogP contribution in [0.15, 0.2) is 36.4 Å². The molecule has 1 aliphatic rings. The van der Waals surface area contributed by atoms with Crippen molar-refractivity contribution in [1.82, 2.24) is 14.9 Å². The molecule has 1 fully saturated rings. The standard InChI is InChI=1S/C19H21FN4O/c1-23-7-9-24(10-8-23)18-12-17-16(11-15(18)20)21-19(22-17)13-3-5-14(25-2)6-4-13/h3-6,11-12H,7-10H2,1-2H3,(H,21,22).